The summed E-state index contributed by atoms with van der Waals surface area (Å²) in [6.45, 7) is 8.20. The van der Waals surface area contributed by atoms with Gasteiger partial charge in [-0.2, -0.15) is 5.26 Å². The average Bonchev–Trinajstić information content (AvgIpc) is 2.91. The summed E-state index contributed by atoms with van der Waals surface area (Å²) in [5.74, 6) is 0.407. The molecule has 1 heterocycles. The predicted molar refractivity (Wildman–Crippen MR) is 82.1 cm³/mol. The summed E-state index contributed by atoms with van der Waals surface area (Å²) in [7, 11) is 0. The van der Waals surface area contributed by atoms with Gasteiger partial charge in [0, 0.05) is 5.41 Å². The van der Waals surface area contributed by atoms with Crippen LogP contribution in [-0.4, -0.2) is 21.0 Å². The fourth-order valence-electron chi connectivity index (χ4n) is 2.62. The molecule has 1 saturated carbocycles. The Morgan fingerprint density at radius 3 is 2.57 bits per heavy atom. The van der Waals surface area contributed by atoms with Gasteiger partial charge in [0.2, 0.25) is 0 Å². The normalized spacial score (nSPS) is 26.1. The molecule has 1 aromatic heterocycles. The Bertz CT molecular complexity index is 559. The summed E-state index contributed by atoms with van der Waals surface area (Å²) >= 11 is 1.10. The Morgan fingerprint density at radius 1 is 1.43 bits per heavy atom. The molecule has 0 bridgehead atoms. The highest BCUT2D eigenvalue weighted by Gasteiger charge is 2.37. The monoisotopic (exact) mass is 306 g/mol. The molecule has 1 N–H and O–H groups in total. The van der Waals surface area contributed by atoms with Gasteiger partial charge in [0.15, 0.2) is 0 Å². The highest BCUT2D eigenvalue weighted by molar-refractivity contribution is 7.08. The van der Waals surface area contributed by atoms with Crippen LogP contribution in [0.15, 0.2) is 0 Å². The minimum atomic E-state index is -0.733. The van der Waals surface area contributed by atoms with Gasteiger partial charge < -0.3 is 5.32 Å². The van der Waals surface area contributed by atoms with E-state index in [4.69, 9.17) is 0 Å². The second kappa shape index (κ2) is 5.72. The van der Waals surface area contributed by atoms with Gasteiger partial charge in [-0.05, 0) is 43.1 Å². The number of nitriles is 1. The smallest absolute Gasteiger partial charge is 0.266 e. The minimum Gasteiger partial charge on any atom is -0.333 e. The van der Waals surface area contributed by atoms with Crippen molar-refractivity contribution in [2.75, 3.05) is 0 Å². The second-order valence-electron chi connectivity index (χ2n) is 7.03. The van der Waals surface area contributed by atoms with Crippen LogP contribution in [0.3, 0.4) is 0 Å². The molecule has 1 aliphatic carbocycles. The molecule has 2 rings (SSSR count). The number of rotatable bonds is 2. The van der Waals surface area contributed by atoms with Crippen molar-refractivity contribution in [2.24, 2.45) is 5.92 Å². The number of nitrogens with zero attached hydrogens (tertiary/aromatic N) is 3. The summed E-state index contributed by atoms with van der Waals surface area (Å²) in [4.78, 5) is 13.1. The van der Waals surface area contributed by atoms with Gasteiger partial charge in [-0.1, -0.05) is 32.2 Å². The molecule has 1 amide bonds. The average molecular weight is 306 g/mol. The van der Waals surface area contributed by atoms with Crippen LogP contribution in [-0.2, 0) is 5.41 Å². The first-order chi connectivity index (χ1) is 9.77. The van der Waals surface area contributed by atoms with Crippen molar-refractivity contribution in [1.29, 1.82) is 5.26 Å². The molecule has 1 fully saturated rings. The third kappa shape index (κ3) is 3.41. The Morgan fingerprint density at radius 2 is 2.05 bits per heavy atom. The lowest BCUT2D eigenvalue weighted by molar-refractivity contribution is 0.0895. The van der Waals surface area contributed by atoms with Crippen molar-refractivity contribution in [3.8, 4) is 6.07 Å². The standard InChI is InChI=1S/C15H22N4OS/c1-10-5-7-15(9-16,8-6-10)17-13(20)11-12(14(2,3)4)18-19-21-11/h10H,5-8H2,1-4H3,(H,17,20). The number of hydrogen-bond acceptors (Lipinski definition) is 5. The molecule has 0 saturated heterocycles. The third-order valence-corrected chi connectivity index (χ3v) is 4.82. The maximum atomic E-state index is 12.6. The van der Waals surface area contributed by atoms with E-state index in [0.29, 0.717) is 29.3 Å². The molecule has 0 aliphatic heterocycles. The lowest BCUT2D eigenvalue weighted by atomic mass is 9.78. The molecule has 0 aromatic carbocycles. The van der Waals surface area contributed by atoms with E-state index in [0.717, 1.165) is 24.4 Å². The van der Waals surface area contributed by atoms with Crippen molar-refractivity contribution < 1.29 is 4.79 Å². The molecule has 5 nitrogen and oxygen atoms in total. The zero-order valence-corrected chi connectivity index (χ0v) is 13.9. The topological polar surface area (TPSA) is 78.7 Å². The molecule has 0 atom stereocenters. The quantitative estimate of drug-likeness (QED) is 0.911. The highest BCUT2D eigenvalue weighted by Crippen LogP contribution is 2.32. The fraction of sp³-hybridized carbons (Fsp3) is 0.733. The molecule has 1 aliphatic rings. The molecule has 21 heavy (non-hydrogen) atoms. The summed E-state index contributed by atoms with van der Waals surface area (Å²) in [5.41, 5.74) is -0.272. The van der Waals surface area contributed by atoms with Gasteiger partial charge >= 0.3 is 0 Å². The number of carbonyl (C=O) groups excluding carboxylic acids is 1. The largest absolute Gasteiger partial charge is 0.333 e. The number of nitrogens with one attached hydrogen (secondary N) is 1. The van der Waals surface area contributed by atoms with E-state index in [2.05, 4.69) is 27.9 Å². The Hall–Kier alpha value is -1.48. The van der Waals surface area contributed by atoms with E-state index in [1.807, 2.05) is 20.8 Å². The van der Waals surface area contributed by atoms with Gasteiger partial charge in [-0.25, -0.2) is 0 Å². The van der Waals surface area contributed by atoms with E-state index in [-0.39, 0.29) is 11.3 Å². The molecule has 0 radical (unpaired) electrons. The van der Waals surface area contributed by atoms with Crippen molar-refractivity contribution in [3.05, 3.63) is 10.6 Å². The molecule has 0 unspecified atom stereocenters. The second-order valence-corrected chi connectivity index (χ2v) is 7.79. The van der Waals surface area contributed by atoms with Crippen molar-refractivity contribution in [1.82, 2.24) is 14.9 Å². The number of carbonyl (C=O) groups is 1. The first kappa shape index (κ1) is 15.9. The van der Waals surface area contributed by atoms with Crippen LogP contribution in [0.25, 0.3) is 0 Å². The van der Waals surface area contributed by atoms with E-state index >= 15 is 0 Å². The van der Waals surface area contributed by atoms with Crippen LogP contribution in [0.2, 0.25) is 0 Å². The number of amides is 1. The summed E-state index contributed by atoms with van der Waals surface area (Å²) in [6, 6.07) is 2.32. The van der Waals surface area contributed by atoms with Gasteiger partial charge in [-0.3, -0.25) is 4.79 Å². The van der Waals surface area contributed by atoms with Crippen molar-refractivity contribution in [2.45, 2.75) is 64.3 Å². The summed E-state index contributed by atoms with van der Waals surface area (Å²) in [5, 5.41) is 16.5. The maximum Gasteiger partial charge on any atom is 0.266 e. The van der Waals surface area contributed by atoms with Crippen LogP contribution in [0.4, 0.5) is 0 Å². The van der Waals surface area contributed by atoms with E-state index in [1.54, 1.807) is 0 Å². The Kier molecular flexibility index (Phi) is 4.33. The number of aromatic nitrogens is 2. The van der Waals surface area contributed by atoms with E-state index < -0.39 is 5.54 Å². The third-order valence-electron chi connectivity index (χ3n) is 4.10. The fourth-order valence-corrected chi connectivity index (χ4v) is 3.40. The maximum absolute atomic E-state index is 12.6. The Balaban J connectivity index is 2.18. The lowest BCUT2D eigenvalue weighted by Gasteiger charge is -2.34. The SMILES string of the molecule is CC1CCC(C#N)(NC(=O)c2snnc2C(C)(C)C)CC1. The van der Waals surface area contributed by atoms with Gasteiger partial charge in [0.25, 0.3) is 5.91 Å². The molecule has 6 heteroatoms. The van der Waals surface area contributed by atoms with Crippen molar-refractivity contribution in [3.63, 3.8) is 0 Å². The first-order valence-corrected chi connectivity index (χ1v) is 8.11. The van der Waals surface area contributed by atoms with Gasteiger partial charge in [0.05, 0.1) is 11.8 Å². The predicted octanol–water partition coefficient (Wildman–Crippen LogP) is 3.04. The van der Waals surface area contributed by atoms with Crippen LogP contribution in [0, 0.1) is 17.2 Å². The summed E-state index contributed by atoms with van der Waals surface area (Å²) < 4.78 is 3.91. The van der Waals surface area contributed by atoms with Gasteiger partial charge in [0.1, 0.15) is 10.4 Å². The zero-order chi connectivity index (χ0) is 15.7. The van der Waals surface area contributed by atoms with E-state index in [1.165, 1.54) is 0 Å². The molecular formula is C15H22N4OS. The van der Waals surface area contributed by atoms with Crippen LogP contribution in [0.1, 0.15) is 68.7 Å². The van der Waals surface area contributed by atoms with Gasteiger partial charge in [-0.15, -0.1) is 5.10 Å². The Labute approximate surface area is 129 Å². The minimum absolute atomic E-state index is 0.217. The van der Waals surface area contributed by atoms with Crippen LogP contribution in [0.5, 0.6) is 0 Å². The van der Waals surface area contributed by atoms with Crippen LogP contribution < -0.4 is 5.32 Å². The zero-order valence-electron chi connectivity index (χ0n) is 13.1. The summed E-state index contributed by atoms with van der Waals surface area (Å²) in [6.07, 6.45) is 3.38. The molecule has 0 spiro atoms. The molecule has 1 aromatic rings. The number of hydrogen-bond donors (Lipinski definition) is 1. The highest BCUT2D eigenvalue weighted by atomic mass is 32.1. The lowest BCUT2D eigenvalue weighted by Crippen LogP contribution is -2.49. The van der Waals surface area contributed by atoms with E-state index in [9.17, 15) is 10.1 Å². The molecule has 114 valence electrons. The first-order valence-electron chi connectivity index (χ1n) is 7.34. The van der Waals surface area contributed by atoms with Crippen LogP contribution >= 0.6 is 11.5 Å². The molecular weight excluding hydrogens is 284 g/mol. The van der Waals surface area contributed by atoms with Crippen molar-refractivity contribution >= 4 is 17.4 Å².